The zero-order valence-corrected chi connectivity index (χ0v) is 12.9. The van der Waals surface area contributed by atoms with Crippen molar-refractivity contribution in [2.24, 2.45) is 5.92 Å². The molecule has 0 bridgehead atoms. The maximum absolute atomic E-state index is 4.75. The van der Waals surface area contributed by atoms with Crippen molar-refractivity contribution in [1.29, 1.82) is 0 Å². The molecule has 0 aliphatic carbocycles. The van der Waals surface area contributed by atoms with Crippen molar-refractivity contribution in [3.05, 3.63) is 6.20 Å². The topological polar surface area (TPSA) is 69.7 Å². The quantitative estimate of drug-likeness (QED) is 0.885. The fraction of sp³-hybridized carbons (Fsp3) is 0.667. The van der Waals surface area contributed by atoms with Crippen molar-refractivity contribution in [2.75, 3.05) is 29.9 Å². The SMILES string of the molecule is CCCNc1nc(N2CCCC(CC)C2)c2cn[nH]c2n1. The number of fused-ring (bicyclic) bond motifs is 1. The fourth-order valence-corrected chi connectivity index (χ4v) is 2.97. The molecule has 1 saturated heterocycles. The molecule has 6 nitrogen and oxygen atoms in total. The number of hydrogen-bond donors (Lipinski definition) is 2. The van der Waals surface area contributed by atoms with Crippen LogP contribution in [0.15, 0.2) is 6.20 Å². The molecule has 2 N–H and O–H groups in total. The minimum Gasteiger partial charge on any atom is -0.356 e. The molecule has 1 aliphatic heterocycles. The molecule has 1 aliphatic rings. The Morgan fingerprint density at radius 2 is 2.29 bits per heavy atom. The zero-order chi connectivity index (χ0) is 14.7. The molecule has 0 aromatic carbocycles. The van der Waals surface area contributed by atoms with Gasteiger partial charge >= 0.3 is 0 Å². The van der Waals surface area contributed by atoms with Gasteiger partial charge in [0.05, 0.1) is 11.6 Å². The lowest BCUT2D eigenvalue weighted by Gasteiger charge is -2.33. The lowest BCUT2D eigenvalue weighted by atomic mass is 9.95. The summed E-state index contributed by atoms with van der Waals surface area (Å²) in [5.74, 6) is 2.48. The summed E-state index contributed by atoms with van der Waals surface area (Å²) < 4.78 is 0. The molecular weight excluding hydrogens is 264 g/mol. The Labute approximate surface area is 125 Å². The van der Waals surface area contributed by atoms with Gasteiger partial charge in [-0.25, -0.2) is 0 Å². The molecule has 2 aromatic rings. The van der Waals surface area contributed by atoms with Gasteiger partial charge in [0.1, 0.15) is 5.82 Å². The average Bonchev–Trinajstić information content (AvgIpc) is 3.00. The van der Waals surface area contributed by atoms with Gasteiger partial charge in [-0.3, -0.25) is 5.10 Å². The van der Waals surface area contributed by atoms with E-state index in [-0.39, 0.29) is 0 Å². The summed E-state index contributed by atoms with van der Waals surface area (Å²) in [5, 5.41) is 11.4. The number of anilines is 2. The average molecular weight is 288 g/mol. The number of nitrogens with zero attached hydrogens (tertiary/aromatic N) is 4. The molecule has 0 spiro atoms. The highest BCUT2D eigenvalue weighted by atomic mass is 15.3. The van der Waals surface area contributed by atoms with Gasteiger partial charge in [-0.1, -0.05) is 20.3 Å². The Hall–Kier alpha value is -1.85. The molecule has 0 radical (unpaired) electrons. The van der Waals surface area contributed by atoms with Crippen molar-refractivity contribution in [2.45, 2.75) is 39.5 Å². The second-order valence-electron chi connectivity index (χ2n) is 5.79. The van der Waals surface area contributed by atoms with Gasteiger partial charge in [0.25, 0.3) is 0 Å². The van der Waals surface area contributed by atoms with E-state index < -0.39 is 0 Å². The van der Waals surface area contributed by atoms with E-state index in [0.29, 0.717) is 5.95 Å². The number of nitrogens with one attached hydrogen (secondary N) is 2. The zero-order valence-electron chi connectivity index (χ0n) is 12.9. The summed E-state index contributed by atoms with van der Waals surface area (Å²) in [6.07, 6.45) is 6.69. The second-order valence-corrected chi connectivity index (χ2v) is 5.79. The molecule has 21 heavy (non-hydrogen) atoms. The van der Waals surface area contributed by atoms with E-state index in [1.165, 1.54) is 19.3 Å². The minimum absolute atomic E-state index is 0.697. The number of hydrogen-bond acceptors (Lipinski definition) is 5. The summed E-state index contributed by atoms with van der Waals surface area (Å²) in [4.78, 5) is 11.6. The van der Waals surface area contributed by atoms with Crippen molar-refractivity contribution >= 4 is 22.8 Å². The lowest BCUT2D eigenvalue weighted by molar-refractivity contribution is 0.403. The van der Waals surface area contributed by atoms with Crippen molar-refractivity contribution in [1.82, 2.24) is 20.2 Å². The smallest absolute Gasteiger partial charge is 0.226 e. The van der Waals surface area contributed by atoms with Gasteiger partial charge < -0.3 is 10.2 Å². The van der Waals surface area contributed by atoms with Gasteiger partial charge in [-0.05, 0) is 25.2 Å². The van der Waals surface area contributed by atoms with Gasteiger partial charge in [0, 0.05) is 19.6 Å². The largest absolute Gasteiger partial charge is 0.356 e. The van der Waals surface area contributed by atoms with Crippen LogP contribution in [0.4, 0.5) is 11.8 Å². The predicted molar refractivity (Wildman–Crippen MR) is 85.7 cm³/mol. The van der Waals surface area contributed by atoms with Crippen molar-refractivity contribution in [3.8, 4) is 0 Å². The maximum Gasteiger partial charge on any atom is 0.226 e. The summed E-state index contributed by atoms with van der Waals surface area (Å²) in [7, 11) is 0. The fourth-order valence-electron chi connectivity index (χ4n) is 2.97. The third-order valence-corrected chi connectivity index (χ3v) is 4.22. The van der Waals surface area contributed by atoms with Gasteiger partial charge in [0.2, 0.25) is 5.95 Å². The van der Waals surface area contributed by atoms with Crippen LogP contribution >= 0.6 is 0 Å². The van der Waals surface area contributed by atoms with E-state index in [9.17, 15) is 0 Å². The molecule has 114 valence electrons. The Morgan fingerprint density at radius 1 is 1.38 bits per heavy atom. The first kappa shape index (κ1) is 14.1. The molecule has 0 amide bonds. The Bertz CT molecular complexity index is 593. The highest BCUT2D eigenvalue weighted by Gasteiger charge is 2.22. The molecule has 2 aromatic heterocycles. The summed E-state index contributed by atoms with van der Waals surface area (Å²) in [5.41, 5.74) is 0.817. The Balaban J connectivity index is 1.93. The van der Waals surface area contributed by atoms with Gasteiger partial charge in [0.15, 0.2) is 5.65 Å². The van der Waals surface area contributed by atoms with Crippen LogP contribution in [0.1, 0.15) is 39.5 Å². The van der Waals surface area contributed by atoms with Gasteiger partial charge in [-0.2, -0.15) is 15.1 Å². The number of rotatable bonds is 5. The molecule has 1 fully saturated rings. The first-order chi connectivity index (χ1) is 10.3. The standard InChI is InChI=1S/C15H24N6/c1-3-7-16-15-18-13-12(9-17-20-13)14(19-15)21-8-5-6-11(4-2)10-21/h9,11H,3-8,10H2,1-2H3,(H2,16,17,18,19,20). The summed E-state index contributed by atoms with van der Waals surface area (Å²) >= 11 is 0. The normalized spacial score (nSPS) is 19.1. The molecular formula is C15H24N6. The molecule has 6 heteroatoms. The number of piperidine rings is 1. The maximum atomic E-state index is 4.75. The van der Waals surface area contributed by atoms with Crippen molar-refractivity contribution < 1.29 is 0 Å². The summed E-state index contributed by atoms with van der Waals surface area (Å²) in [6, 6.07) is 0. The van der Waals surface area contributed by atoms with E-state index >= 15 is 0 Å². The molecule has 1 unspecified atom stereocenters. The predicted octanol–water partition coefficient (Wildman–Crippen LogP) is 2.80. The van der Waals surface area contributed by atoms with Crippen LogP contribution in [-0.4, -0.2) is 39.8 Å². The minimum atomic E-state index is 0.697. The van der Waals surface area contributed by atoms with Crippen molar-refractivity contribution in [3.63, 3.8) is 0 Å². The molecule has 0 saturated carbocycles. The first-order valence-electron chi connectivity index (χ1n) is 8.01. The van der Waals surface area contributed by atoms with E-state index in [1.54, 1.807) is 0 Å². The van der Waals surface area contributed by atoms with Crippen LogP contribution < -0.4 is 10.2 Å². The molecule has 1 atom stereocenters. The third kappa shape index (κ3) is 2.94. The summed E-state index contributed by atoms with van der Waals surface area (Å²) in [6.45, 7) is 7.45. The van der Waals surface area contributed by atoms with Crippen LogP contribution in [-0.2, 0) is 0 Å². The number of aromatic amines is 1. The monoisotopic (exact) mass is 288 g/mol. The van der Waals surface area contributed by atoms with Crippen LogP contribution in [0.25, 0.3) is 11.0 Å². The Kier molecular flexibility index (Phi) is 4.22. The van der Waals surface area contributed by atoms with E-state index in [4.69, 9.17) is 4.98 Å². The molecule has 3 heterocycles. The van der Waals surface area contributed by atoms with Gasteiger partial charge in [-0.15, -0.1) is 0 Å². The first-order valence-corrected chi connectivity index (χ1v) is 8.01. The van der Waals surface area contributed by atoms with E-state index in [2.05, 4.69) is 39.2 Å². The molecule has 3 rings (SSSR count). The highest BCUT2D eigenvalue weighted by molar-refractivity contribution is 5.87. The van der Waals surface area contributed by atoms with Crippen LogP contribution in [0, 0.1) is 5.92 Å². The number of aromatic nitrogens is 4. The Morgan fingerprint density at radius 3 is 3.10 bits per heavy atom. The third-order valence-electron chi connectivity index (χ3n) is 4.22. The van der Waals surface area contributed by atoms with E-state index in [1.807, 2.05) is 6.20 Å². The van der Waals surface area contributed by atoms with Crippen LogP contribution in [0.5, 0.6) is 0 Å². The second kappa shape index (κ2) is 6.28. The van der Waals surface area contributed by atoms with E-state index in [0.717, 1.165) is 48.8 Å². The highest BCUT2D eigenvalue weighted by Crippen LogP contribution is 2.29. The van der Waals surface area contributed by atoms with Crippen LogP contribution in [0.3, 0.4) is 0 Å². The lowest BCUT2D eigenvalue weighted by Crippen LogP contribution is -2.36. The number of H-pyrrole nitrogens is 1. The van der Waals surface area contributed by atoms with Crippen LogP contribution in [0.2, 0.25) is 0 Å².